The summed E-state index contributed by atoms with van der Waals surface area (Å²) in [6.07, 6.45) is 0. The number of likely N-dealkylation sites (N-methyl/N-ethyl adjacent to an activating group) is 2. The second-order valence-electron chi connectivity index (χ2n) is 4.85. The number of hydrogen-bond acceptors (Lipinski definition) is 2. The molecule has 108 valence electrons. The van der Waals surface area contributed by atoms with Gasteiger partial charge in [0.15, 0.2) is 0 Å². The Balaban J connectivity index is 2.03. The number of amides is 2. The number of carbonyl (C=O) groups excluding carboxylic acids is 2. The van der Waals surface area contributed by atoms with Crippen molar-refractivity contribution < 1.29 is 9.59 Å². The number of benzene rings is 2. The van der Waals surface area contributed by atoms with Crippen molar-refractivity contribution >= 4 is 17.5 Å². The Morgan fingerprint density at radius 3 is 1.90 bits per heavy atom. The van der Waals surface area contributed by atoms with Gasteiger partial charge in [0.2, 0.25) is 0 Å². The van der Waals surface area contributed by atoms with Crippen LogP contribution in [0.2, 0.25) is 0 Å². The number of nitrogens with zero attached hydrogens (tertiary/aromatic N) is 2. The number of anilines is 1. The average Bonchev–Trinajstić information content (AvgIpc) is 2.54. The van der Waals surface area contributed by atoms with Crippen LogP contribution in [0, 0.1) is 0 Å². The molecule has 2 rings (SSSR count). The molecule has 0 aromatic heterocycles. The summed E-state index contributed by atoms with van der Waals surface area (Å²) >= 11 is 0. The predicted octanol–water partition coefficient (Wildman–Crippen LogP) is 2.31. The second-order valence-corrected chi connectivity index (χ2v) is 4.85. The van der Waals surface area contributed by atoms with Gasteiger partial charge >= 0.3 is 11.8 Å². The highest BCUT2D eigenvalue weighted by atomic mass is 16.2. The largest absolute Gasteiger partial charge is 0.333 e. The van der Waals surface area contributed by atoms with Crippen LogP contribution in [0.4, 0.5) is 5.69 Å². The van der Waals surface area contributed by atoms with Gasteiger partial charge in [-0.1, -0.05) is 48.5 Å². The first kappa shape index (κ1) is 14.8. The van der Waals surface area contributed by atoms with Gasteiger partial charge in [0.1, 0.15) is 0 Å². The molecule has 0 saturated carbocycles. The Morgan fingerprint density at radius 1 is 0.810 bits per heavy atom. The molecule has 21 heavy (non-hydrogen) atoms. The maximum Gasteiger partial charge on any atom is 0.316 e. The molecule has 0 spiro atoms. The van der Waals surface area contributed by atoms with Crippen molar-refractivity contribution in [3.63, 3.8) is 0 Å². The van der Waals surface area contributed by atoms with E-state index in [0.29, 0.717) is 12.2 Å². The molecular formula is C17H18N2O2. The number of para-hydroxylation sites is 1. The lowest BCUT2D eigenvalue weighted by Gasteiger charge is -2.21. The zero-order valence-corrected chi connectivity index (χ0v) is 12.2. The molecule has 4 nitrogen and oxygen atoms in total. The lowest BCUT2D eigenvalue weighted by Crippen LogP contribution is -2.41. The van der Waals surface area contributed by atoms with Gasteiger partial charge in [0.25, 0.3) is 0 Å². The summed E-state index contributed by atoms with van der Waals surface area (Å²) in [4.78, 5) is 27.2. The van der Waals surface area contributed by atoms with Gasteiger partial charge in [-0.15, -0.1) is 0 Å². The molecule has 0 saturated heterocycles. The third-order valence-electron chi connectivity index (χ3n) is 3.24. The standard InChI is InChI=1S/C17H18N2O2/c1-18(13-14-9-5-3-6-10-14)16(20)17(21)19(2)15-11-7-4-8-12-15/h3-12H,13H2,1-2H3. The van der Waals surface area contributed by atoms with E-state index < -0.39 is 11.8 Å². The van der Waals surface area contributed by atoms with E-state index in [1.165, 1.54) is 9.80 Å². The van der Waals surface area contributed by atoms with Crippen molar-refractivity contribution in [3.8, 4) is 0 Å². The molecule has 4 heteroatoms. The highest BCUT2D eigenvalue weighted by Gasteiger charge is 2.23. The fourth-order valence-electron chi connectivity index (χ4n) is 2.00. The van der Waals surface area contributed by atoms with Crippen LogP contribution >= 0.6 is 0 Å². The van der Waals surface area contributed by atoms with E-state index in [2.05, 4.69) is 0 Å². The minimum absolute atomic E-state index is 0.411. The molecule has 0 aliphatic carbocycles. The van der Waals surface area contributed by atoms with Crippen LogP contribution in [0.15, 0.2) is 60.7 Å². The van der Waals surface area contributed by atoms with E-state index in [1.807, 2.05) is 48.5 Å². The first-order valence-electron chi connectivity index (χ1n) is 6.71. The summed E-state index contributed by atoms with van der Waals surface area (Å²) in [5.41, 5.74) is 1.69. The Bertz CT molecular complexity index is 611. The molecule has 0 unspecified atom stereocenters. The van der Waals surface area contributed by atoms with Gasteiger partial charge in [0.05, 0.1) is 0 Å². The lowest BCUT2D eigenvalue weighted by molar-refractivity contribution is -0.143. The van der Waals surface area contributed by atoms with E-state index in [9.17, 15) is 9.59 Å². The van der Waals surface area contributed by atoms with Crippen molar-refractivity contribution in [1.29, 1.82) is 0 Å². The van der Waals surface area contributed by atoms with Gasteiger partial charge in [-0.2, -0.15) is 0 Å². The Morgan fingerprint density at radius 2 is 1.33 bits per heavy atom. The highest BCUT2D eigenvalue weighted by molar-refractivity contribution is 6.40. The normalized spacial score (nSPS) is 10.0. The first-order chi connectivity index (χ1) is 10.1. The van der Waals surface area contributed by atoms with Gasteiger partial charge in [-0.3, -0.25) is 9.59 Å². The van der Waals surface area contributed by atoms with Crippen LogP contribution in [0.5, 0.6) is 0 Å². The molecule has 0 N–H and O–H groups in total. The van der Waals surface area contributed by atoms with Crippen molar-refractivity contribution in [3.05, 3.63) is 66.2 Å². The molecule has 0 heterocycles. The van der Waals surface area contributed by atoms with Gasteiger partial charge in [-0.25, -0.2) is 0 Å². The summed E-state index contributed by atoms with van der Waals surface area (Å²) in [6, 6.07) is 18.7. The van der Waals surface area contributed by atoms with E-state index in [1.54, 1.807) is 26.2 Å². The van der Waals surface area contributed by atoms with Crippen molar-refractivity contribution in [1.82, 2.24) is 4.90 Å². The highest BCUT2D eigenvalue weighted by Crippen LogP contribution is 2.12. The van der Waals surface area contributed by atoms with Crippen LogP contribution in [0.3, 0.4) is 0 Å². The lowest BCUT2D eigenvalue weighted by atomic mass is 10.2. The second kappa shape index (κ2) is 6.70. The number of hydrogen-bond donors (Lipinski definition) is 0. The van der Waals surface area contributed by atoms with E-state index in [0.717, 1.165) is 5.56 Å². The molecule has 0 bridgehead atoms. The van der Waals surface area contributed by atoms with E-state index >= 15 is 0 Å². The zero-order chi connectivity index (χ0) is 15.2. The zero-order valence-electron chi connectivity index (χ0n) is 12.2. The molecule has 0 fully saturated rings. The van der Waals surface area contributed by atoms with Crippen molar-refractivity contribution in [2.75, 3.05) is 19.0 Å². The third kappa shape index (κ3) is 3.69. The quantitative estimate of drug-likeness (QED) is 0.811. The van der Waals surface area contributed by atoms with E-state index in [-0.39, 0.29) is 0 Å². The third-order valence-corrected chi connectivity index (χ3v) is 3.24. The number of carbonyl (C=O) groups is 2. The molecule has 0 aliphatic rings. The smallest absolute Gasteiger partial charge is 0.316 e. The van der Waals surface area contributed by atoms with Crippen LogP contribution in [0.1, 0.15) is 5.56 Å². The molecule has 0 atom stereocenters. The Hall–Kier alpha value is -2.62. The fourth-order valence-corrected chi connectivity index (χ4v) is 2.00. The Labute approximate surface area is 124 Å². The number of rotatable bonds is 3. The van der Waals surface area contributed by atoms with Crippen molar-refractivity contribution in [2.24, 2.45) is 0 Å². The summed E-state index contributed by atoms with van der Waals surface area (Å²) in [5.74, 6) is -1.06. The maximum absolute atomic E-state index is 12.2. The topological polar surface area (TPSA) is 40.6 Å². The van der Waals surface area contributed by atoms with Crippen LogP contribution < -0.4 is 4.90 Å². The minimum atomic E-state index is -0.542. The summed E-state index contributed by atoms with van der Waals surface area (Å²) < 4.78 is 0. The summed E-state index contributed by atoms with van der Waals surface area (Å²) in [5, 5.41) is 0. The summed E-state index contributed by atoms with van der Waals surface area (Å²) in [7, 11) is 3.23. The molecule has 0 aliphatic heterocycles. The van der Waals surface area contributed by atoms with Gasteiger partial charge in [0, 0.05) is 26.3 Å². The molecule has 0 radical (unpaired) electrons. The van der Waals surface area contributed by atoms with Gasteiger partial charge in [-0.05, 0) is 17.7 Å². The first-order valence-corrected chi connectivity index (χ1v) is 6.71. The van der Waals surface area contributed by atoms with Crippen molar-refractivity contribution in [2.45, 2.75) is 6.54 Å². The average molecular weight is 282 g/mol. The fraction of sp³-hybridized carbons (Fsp3) is 0.176. The van der Waals surface area contributed by atoms with Crippen LogP contribution in [-0.4, -0.2) is 30.8 Å². The Kier molecular flexibility index (Phi) is 4.72. The predicted molar refractivity (Wildman–Crippen MR) is 82.8 cm³/mol. The molecule has 2 amide bonds. The van der Waals surface area contributed by atoms with Crippen LogP contribution in [0.25, 0.3) is 0 Å². The molecular weight excluding hydrogens is 264 g/mol. The SMILES string of the molecule is CN(Cc1ccccc1)C(=O)C(=O)N(C)c1ccccc1. The maximum atomic E-state index is 12.2. The molecule has 2 aromatic rings. The molecule has 2 aromatic carbocycles. The van der Waals surface area contributed by atoms with Gasteiger partial charge < -0.3 is 9.80 Å². The minimum Gasteiger partial charge on any atom is -0.333 e. The van der Waals surface area contributed by atoms with Crippen LogP contribution in [-0.2, 0) is 16.1 Å². The summed E-state index contributed by atoms with van der Waals surface area (Å²) in [6.45, 7) is 0.411. The monoisotopic (exact) mass is 282 g/mol. The van der Waals surface area contributed by atoms with E-state index in [4.69, 9.17) is 0 Å².